The van der Waals surface area contributed by atoms with E-state index >= 15 is 0 Å². The lowest BCUT2D eigenvalue weighted by Crippen LogP contribution is -2.43. The Hall–Kier alpha value is -0.160. The van der Waals surface area contributed by atoms with Crippen LogP contribution >= 0.6 is 0 Å². The van der Waals surface area contributed by atoms with E-state index in [1.54, 1.807) is 14.2 Å². The van der Waals surface area contributed by atoms with Crippen LogP contribution in [0.4, 0.5) is 0 Å². The van der Waals surface area contributed by atoms with Gasteiger partial charge in [-0.25, -0.2) is 0 Å². The van der Waals surface area contributed by atoms with Crippen LogP contribution in [0, 0.1) is 11.3 Å². The van der Waals surface area contributed by atoms with E-state index in [1.165, 1.54) is 25.7 Å². The van der Waals surface area contributed by atoms with E-state index in [0.717, 1.165) is 45.2 Å². The summed E-state index contributed by atoms with van der Waals surface area (Å²) in [5, 5.41) is 3.56. The van der Waals surface area contributed by atoms with Crippen molar-refractivity contribution in [2.45, 2.75) is 38.2 Å². The average molecular weight is 271 g/mol. The minimum absolute atomic E-state index is 0.327. The highest BCUT2D eigenvalue weighted by Crippen LogP contribution is 2.49. The van der Waals surface area contributed by atoms with Crippen LogP contribution in [0.15, 0.2) is 0 Å². The van der Waals surface area contributed by atoms with Gasteiger partial charge >= 0.3 is 0 Å². The Morgan fingerprint density at radius 1 is 1.21 bits per heavy atom. The van der Waals surface area contributed by atoms with Crippen LogP contribution in [-0.2, 0) is 14.2 Å². The smallest absolute Gasteiger partial charge is 0.0672 e. The predicted octanol–water partition coefficient (Wildman–Crippen LogP) is 1.83. The van der Waals surface area contributed by atoms with Gasteiger partial charge in [-0.05, 0) is 38.0 Å². The highest BCUT2D eigenvalue weighted by Gasteiger charge is 2.50. The Bertz CT molecular complexity index is 258. The predicted molar refractivity (Wildman–Crippen MR) is 75.4 cm³/mol. The van der Waals surface area contributed by atoms with Gasteiger partial charge in [-0.2, -0.15) is 0 Å². The van der Waals surface area contributed by atoms with Crippen molar-refractivity contribution in [3.05, 3.63) is 0 Å². The Morgan fingerprint density at radius 2 is 2.00 bits per heavy atom. The average Bonchev–Trinajstić information content (AvgIpc) is 3.18. The van der Waals surface area contributed by atoms with Crippen molar-refractivity contribution < 1.29 is 14.2 Å². The van der Waals surface area contributed by atoms with Gasteiger partial charge in [0.25, 0.3) is 0 Å². The molecule has 0 amide bonds. The number of methoxy groups -OCH3 is 2. The van der Waals surface area contributed by atoms with Crippen molar-refractivity contribution in [3.8, 4) is 0 Å². The molecular formula is C15H29NO3. The Labute approximate surface area is 117 Å². The molecule has 2 unspecified atom stereocenters. The molecule has 0 aromatic heterocycles. The lowest BCUT2D eigenvalue weighted by Gasteiger charge is -2.35. The summed E-state index contributed by atoms with van der Waals surface area (Å²) in [6.07, 6.45) is 6.72. The summed E-state index contributed by atoms with van der Waals surface area (Å²) < 4.78 is 16.4. The molecule has 1 saturated carbocycles. The Morgan fingerprint density at radius 3 is 2.68 bits per heavy atom. The first-order valence-electron chi connectivity index (χ1n) is 7.62. The van der Waals surface area contributed by atoms with E-state index in [9.17, 15) is 0 Å². The van der Waals surface area contributed by atoms with Gasteiger partial charge in [0.15, 0.2) is 0 Å². The molecule has 1 saturated heterocycles. The Balaban J connectivity index is 1.87. The summed E-state index contributed by atoms with van der Waals surface area (Å²) in [4.78, 5) is 0. The zero-order chi connectivity index (χ0) is 13.6. The summed E-state index contributed by atoms with van der Waals surface area (Å²) in [7, 11) is 3.54. The third-order valence-electron chi connectivity index (χ3n) is 4.53. The van der Waals surface area contributed by atoms with E-state index in [-0.39, 0.29) is 0 Å². The van der Waals surface area contributed by atoms with Crippen LogP contribution in [0.5, 0.6) is 0 Å². The van der Waals surface area contributed by atoms with Gasteiger partial charge in [-0.1, -0.05) is 0 Å². The van der Waals surface area contributed by atoms with E-state index in [0.29, 0.717) is 11.5 Å². The molecule has 1 aliphatic carbocycles. The molecule has 2 aliphatic rings. The standard InChI is InChI=1S/C15H29NO3/c1-17-9-3-6-15(12-16-8-11-18-2)7-10-19-14(15)13-4-5-13/h13-14,16H,3-12H2,1-2H3. The maximum atomic E-state index is 6.07. The fourth-order valence-corrected chi connectivity index (χ4v) is 3.37. The number of hydrogen-bond donors (Lipinski definition) is 1. The maximum Gasteiger partial charge on any atom is 0.0672 e. The first-order valence-corrected chi connectivity index (χ1v) is 7.62. The zero-order valence-corrected chi connectivity index (χ0v) is 12.5. The molecule has 2 rings (SSSR count). The van der Waals surface area contributed by atoms with Crippen molar-refractivity contribution in [3.63, 3.8) is 0 Å². The number of hydrogen-bond acceptors (Lipinski definition) is 4. The second kappa shape index (κ2) is 7.58. The topological polar surface area (TPSA) is 39.7 Å². The highest BCUT2D eigenvalue weighted by molar-refractivity contribution is 5.00. The quantitative estimate of drug-likeness (QED) is 0.615. The molecule has 0 bridgehead atoms. The molecule has 2 atom stereocenters. The molecule has 1 N–H and O–H groups in total. The fourth-order valence-electron chi connectivity index (χ4n) is 3.37. The largest absolute Gasteiger partial charge is 0.385 e. The summed E-state index contributed by atoms with van der Waals surface area (Å²) in [5.41, 5.74) is 0.327. The van der Waals surface area contributed by atoms with Gasteiger partial charge < -0.3 is 19.5 Å². The Kier molecular flexibility index (Phi) is 6.07. The first-order chi connectivity index (χ1) is 9.32. The van der Waals surface area contributed by atoms with Gasteiger partial charge in [0.05, 0.1) is 12.7 Å². The summed E-state index contributed by atoms with van der Waals surface area (Å²) >= 11 is 0. The summed E-state index contributed by atoms with van der Waals surface area (Å²) in [6.45, 7) is 4.56. The molecule has 0 aromatic rings. The molecule has 1 aliphatic heterocycles. The highest BCUT2D eigenvalue weighted by atomic mass is 16.5. The second-order valence-corrected chi connectivity index (χ2v) is 6.01. The zero-order valence-electron chi connectivity index (χ0n) is 12.5. The van der Waals surface area contributed by atoms with Gasteiger partial charge in [0.2, 0.25) is 0 Å². The van der Waals surface area contributed by atoms with E-state index in [4.69, 9.17) is 14.2 Å². The number of ether oxygens (including phenoxy) is 3. The van der Waals surface area contributed by atoms with Crippen LogP contribution in [0.25, 0.3) is 0 Å². The van der Waals surface area contributed by atoms with E-state index in [2.05, 4.69) is 5.32 Å². The molecular weight excluding hydrogens is 242 g/mol. The van der Waals surface area contributed by atoms with Crippen molar-refractivity contribution in [2.75, 3.05) is 47.1 Å². The molecule has 1 heterocycles. The van der Waals surface area contributed by atoms with Crippen LogP contribution in [0.2, 0.25) is 0 Å². The van der Waals surface area contributed by atoms with Gasteiger partial charge in [0, 0.05) is 45.9 Å². The first kappa shape index (κ1) is 15.2. The van der Waals surface area contributed by atoms with E-state index in [1.807, 2.05) is 0 Å². The molecule has 4 nitrogen and oxygen atoms in total. The van der Waals surface area contributed by atoms with Crippen LogP contribution in [-0.4, -0.2) is 53.2 Å². The van der Waals surface area contributed by atoms with Gasteiger partial charge in [-0.15, -0.1) is 0 Å². The maximum absolute atomic E-state index is 6.07. The SMILES string of the molecule is COCCCC1(CNCCOC)CCOC1C1CC1. The van der Waals surface area contributed by atoms with Crippen molar-refractivity contribution in [1.29, 1.82) is 0 Å². The van der Waals surface area contributed by atoms with E-state index < -0.39 is 0 Å². The van der Waals surface area contributed by atoms with Crippen molar-refractivity contribution in [2.24, 2.45) is 11.3 Å². The lowest BCUT2D eigenvalue weighted by atomic mass is 9.75. The minimum atomic E-state index is 0.327. The second-order valence-electron chi connectivity index (χ2n) is 6.01. The molecule has 0 aromatic carbocycles. The van der Waals surface area contributed by atoms with Gasteiger partial charge in [0.1, 0.15) is 0 Å². The third-order valence-corrected chi connectivity index (χ3v) is 4.53. The minimum Gasteiger partial charge on any atom is -0.385 e. The van der Waals surface area contributed by atoms with Crippen LogP contribution < -0.4 is 5.32 Å². The monoisotopic (exact) mass is 271 g/mol. The summed E-state index contributed by atoms with van der Waals surface area (Å²) in [6, 6.07) is 0. The van der Waals surface area contributed by atoms with Crippen molar-refractivity contribution >= 4 is 0 Å². The number of nitrogens with one attached hydrogen (secondary N) is 1. The number of rotatable bonds is 10. The molecule has 112 valence electrons. The molecule has 0 radical (unpaired) electrons. The van der Waals surface area contributed by atoms with Crippen LogP contribution in [0.1, 0.15) is 32.1 Å². The molecule has 2 fully saturated rings. The van der Waals surface area contributed by atoms with Crippen LogP contribution in [0.3, 0.4) is 0 Å². The molecule has 4 heteroatoms. The summed E-state index contributed by atoms with van der Waals surface area (Å²) in [5.74, 6) is 0.814. The molecule has 0 spiro atoms. The normalized spacial score (nSPS) is 30.9. The van der Waals surface area contributed by atoms with Gasteiger partial charge in [-0.3, -0.25) is 0 Å². The third kappa shape index (κ3) is 4.15. The lowest BCUT2D eigenvalue weighted by molar-refractivity contribution is 0.0217. The fraction of sp³-hybridized carbons (Fsp3) is 1.00. The van der Waals surface area contributed by atoms with Crippen molar-refractivity contribution in [1.82, 2.24) is 5.32 Å². The molecule has 19 heavy (non-hydrogen) atoms.